The highest BCUT2D eigenvalue weighted by Crippen LogP contribution is 2.32. The van der Waals surface area contributed by atoms with E-state index in [-0.39, 0.29) is 23.1 Å². The standard InChI is InChI=1S/C15H10FN5/c16-12-6-2-3-8-9(12)4-1-5-10(8)13-11(7-17)14(18)21-15(19)20-13/h1-6H,(H4,18,19,20,21). The van der Waals surface area contributed by atoms with Crippen LogP contribution in [0.4, 0.5) is 16.2 Å². The molecular weight excluding hydrogens is 269 g/mol. The predicted octanol–water partition coefficient (Wildman–Crippen LogP) is 2.47. The lowest BCUT2D eigenvalue weighted by Crippen LogP contribution is -2.05. The summed E-state index contributed by atoms with van der Waals surface area (Å²) < 4.78 is 13.9. The molecule has 3 rings (SSSR count). The third kappa shape index (κ3) is 2.01. The normalized spacial score (nSPS) is 10.5. The maximum atomic E-state index is 13.9. The molecule has 0 bridgehead atoms. The van der Waals surface area contributed by atoms with Crippen LogP contribution in [0.15, 0.2) is 36.4 Å². The van der Waals surface area contributed by atoms with E-state index in [4.69, 9.17) is 11.5 Å². The summed E-state index contributed by atoms with van der Waals surface area (Å²) in [7, 11) is 0. The first-order valence-electron chi connectivity index (χ1n) is 6.12. The van der Waals surface area contributed by atoms with E-state index in [2.05, 4.69) is 9.97 Å². The largest absolute Gasteiger partial charge is 0.382 e. The number of fused-ring (bicyclic) bond motifs is 1. The van der Waals surface area contributed by atoms with Gasteiger partial charge in [0.2, 0.25) is 5.95 Å². The number of nitriles is 1. The van der Waals surface area contributed by atoms with Crippen molar-refractivity contribution in [3.8, 4) is 17.3 Å². The Labute approximate surface area is 119 Å². The van der Waals surface area contributed by atoms with Gasteiger partial charge < -0.3 is 11.5 Å². The van der Waals surface area contributed by atoms with Crippen molar-refractivity contribution in [1.82, 2.24) is 9.97 Å². The Morgan fingerprint density at radius 2 is 1.71 bits per heavy atom. The predicted molar refractivity (Wildman–Crippen MR) is 78.5 cm³/mol. The first-order chi connectivity index (χ1) is 10.1. The van der Waals surface area contributed by atoms with E-state index in [1.165, 1.54) is 6.07 Å². The minimum Gasteiger partial charge on any atom is -0.382 e. The molecular formula is C15H10FN5. The summed E-state index contributed by atoms with van der Waals surface area (Å²) in [6.07, 6.45) is 0. The number of aromatic nitrogens is 2. The monoisotopic (exact) mass is 279 g/mol. The Hall–Kier alpha value is -3.20. The molecule has 21 heavy (non-hydrogen) atoms. The highest BCUT2D eigenvalue weighted by molar-refractivity contribution is 5.97. The van der Waals surface area contributed by atoms with Crippen molar-refractivity contribution < 1.29 is 4.39 Å². The van der Waals surface area contributed by atoms with Crippen LogP contribution in [0.25, 0.3) is 22.0 Å². The summed E-state index contributed by atoms with van der Waals surface area (Å²) in [4.78, 5) is 7.87. The second-order valence-corrected chi connectivity index (χ2v) is 4.44. The Kier molecular flexibility index (Phi) is 2.88. The van der Waals surface area contributed by atoms with E-state index < -0.39 is 0 Å². The van der Waals surface area contributed by atoms with Crippen molar-refractivity contribution in [2.45, 2.75) is 0 Å². The zero-order valence-corrected chi connectivity index (χ0v) is 10.8. The third-order valence-electron chi connectivity index (χ3n) is 3.19. The fourth-order valence-electron chi connectivity index (χ4n) is 2.28. The Morgan fingerprint density at radius 3 is 2.48 bits per heavy atom. The zero-order valence-electron chi connectivity index (χ0n) is 10.8. The van der Waals surface area contributed by atoms with Gasteiger partial charge in [-0.25, -0.2) is 9.37 Å². The van der Waals surface area contributed by atoms with E-state index >= 15 is 0 Å². The van der Waals surface area contributed by atoms with Crippen LogP contribution in [0.5, 0.6) is 0 Å². The first-order valence-corrected chi connectivity index (χ1v) is 6.12. The van der Waals surface area contributed by atoms with Crippen molar-refractivity contribution >= 4 is 22.5 Å². The van der Waals surface area contributed by atoms with Gasteiger partial charge in [0, 0.05) is 10.9 Å². The van der Waals surface area contributed by atoms with Crippen LogP contribution in [0.1, 0.15) is 5.56 Å². The summed E-state index contributed by atoms with van der Waals surface area (Å²) in [6.45, 7) is 0. The van der Waals surface area contributed by atoms with Gasteiger partial charge in [0.1, 0.15) is 23.3 Å². The summed E-state index contributed by atoms with van der Waals surface area (Å²) >= 11 is 0. The van der Waals surface area contributed by atoms with Crippen LogP contribution in [-0.2, 0) is 0 Å². The van der Waals surface area contributed by atoms with Gasteiger partial charge in [-0.2, -0.15) is 10.2 Å². The number of benzene rings is 2. The molecule has 0 aliphatic carbocycles. The van der Waals surface area contributed by atoms with Gasteiger partial charge in [0.15, 0.2) is 0 Å². The van der Waals surface area contributed by atoms with Crippen LogP contribution < -0.4 is 11.5 Å². The molecule has 0 aliphatic heterocycles. The smallest absolute Gasteiger partial charge is 0.222 e. The van der Waals surface area contributed by atoms with Gasteiger partial charge in [-0.3, -0.25) is 0 Å². The Morgan fingerprint density at radius 1 is 1.00 bits per heavy atom. The van der Waals surface area contributed by atoms with Gasteiger partial charge in [-0.05, 0) is 11.5 Å². The molecule has 2 aromatic carbocycles. The Balaban J connectivity index is 2.42. The summed E-state index contributed by atoms with van der Waals surface area (Å²) in [5.41, 5.74) is 12.3. The SMILES string of the molecule is N#Cc1c(N)nc(N)nc1-c1cccc2c(F)cccc12. The van der Waals surface area contributed by atoms with Crippen molar-refractivity contribution in [3.05, 3.63) is 47.8 Å². The van der Waals surface area contributed by atoms with Crippen molar-refractivity contribution in [1.29, 1.82) is 5.26 Å². The molecule has 102 valence electrons. The molecule has 0 spiro atoms. The van der Waals surface area contributed by atoms with E-state index in [0.717, 1.165) is 0 Å². The summed E-state index contributed by atoms with van der Waals surface area (Å²) in [5.74, 6) is -0.369. The number of halogens is 1. The lowest BCUT2D eigenvalue weighted by Gasteiger charge is -2.10. The van der Waals surface area contributed by atoms with Gasteiger partial charge in [0.05, 0.1) is 5.69 Å². The number of rotatable bonds is 1. The molecule has 5 nitrogen and oxygen atoms in total. The van der Waals surface area contributed by atoms with Crippen molar-refractivity contribution in [3.63, 3.8) is 0 Å². The maximum Gasteiger partial charge on any atom is 0.222 e. The van der Waals surface area contributed by atoms with Gasteiger partial charge in [-0.1, -0.05) is 30.3 Å². The molecule has 0 saturated heterocycles. The average Bonchev–Trinajstić information content (AvgIpc) is 2.46. The fraction of sp³-hybridized carbons (Fsp3) is 0. The molecule has 0 fully saturated rings. The second-order valence-electron chi connectivity index (χ2n) is 4.44. The number of nitrogens with zero attached hydrogens (tertiary/aromatic N) is 3. The van der Waals surface area contributed by atoms with Crippen LogP contribution in [0, 0.1) is 17.1 Å². The molecule has 0 atom stereocenters. The number of hydrogen-bond acceptors (Lipinski definition) is 5. The van der Waals surface area contributed by atoms with E-state index in [1.807, 2.05) is 6.07 Å². The molecule has 0 amide bonds. The number of nitrogens with two attached hydrogens (primary N) is 2. The topological polar surface area (TPSA) is 102 Å². The molecule has 0 aliphatic rings. The minimum absolute atomic E-state index is 0.00778. The van der Waals surface area contributed by atoms with E-state index in [0.29, 0.717) is 22.0 Å². The first kappa shape index (κ1) is 12.8. The van der Waals surface area contributed by atoms with E-state index in [9.17, 15) is 9.65 Å². The fourth-order valence-corrected chi connectivity index (χ4v) is 2.28. The van der Waals surface area contributed by atoms with Crippen LogP contribution in [-0.4, -0.2) is 9.97 Å². The zero-order chi connectivity index (χ0) is 15.0. The maximum absolute atomic E-state index is 13.9. The average molecular weight is 279 g/mol. The molecule has 1 heterocycles. The van der Waals surface area contributed by atoms with Gasteiger partial charge >= 0.3 is 0 Å². The van der Waals surface area contributed by atoms with Gasteiger partial charge in [-0.15, -0.1) is 0 Å². The Bertz CT molecular complexity index is 898. The molecule has 0 radical (unpaired) electrons. The quantitative estimate of drug-likeness (QED) is 0.712. The van der Waals surface area contributed by atoms with Crippen molar-refractivity contribution in [2.24, 2.45) is 0 Å². The molecule has 6 heteroatoms. The highest BCUT2D eigenvalue weighted by atomic mass is 19.1. The number of anilines is 2. The minimum atomic E-state index is -0.345. The molecule has 1 aromatic heterocycles. The lowest BCUT2D eigenvalue weighted by atomic mass is 9.99. The lowest BCUT2D eigenvalue weighted by molar-refractivity contribution is 0.640. The van der Waals surface area contributed by atoms with Crippen LogP contribution in [0.3, 0.4) is 0 Å². The molecule has 0 saturated carbocycles. The van der Waals surface area contributed by atoms with E-state index in [1.54, 1.807) is 30.3 Å². The third-order valence-corrected chi connectivity index (χ3v) is 3.19. The molecule has 3 aromatic rings. The highest BCUT2D eigenvalue weighted by Gasteiger charge is 2.16. The summed E-state index contributed by atoms with van der Waals surface area (Å²) in [5, 5.41) is 10.3. The van der Waals surface area contributed by atoms with Gasteiger partial charge in [0.25, 0.3) is 0 Å². The van der Waals surface area contributed by atoms with Crippen LogP contribution in [0.2, 0.25) is 0 Å². The molecule has 4 N–H and O–H groups in total. The van der Waals surface area contributed by atoms with Crippen molar-refractivity contribution in [2.75, 3.05) is 11.5 Å². The van der Waals surface area contributed by atoms with Crippen LogP contribution >= 0.6 is 0 Å². The number of nitrogen functional groups attached to an aromatic ring is 2. The summed E-state index contributed by atoms with van der Waals surface area (Å²) in [6, 6.07) is 11.8. The molecule has 0 unspecified atom stereocenters. The second kappa shape index (κ2) is 4.72. The number of hydrogen-bond donors (Lipinski definition) is 2.